The minimum absolute atomic E-state index is 0.127. The molecule has 4 rings (SSSR count). The molecule has 1 atom stereocenters. The van der Waals surface area contributed by atoms with Crippen LogP contribution < -0.4 is 14.4 Å². The second-order valence-electron chi connectivity index (χ2n) is 7.22. The second-order valence-corrected chi connectivity index (χ2v) is 8.09. The van der Waals surface area contributed by atoms with Gasteiger partial charge >= 0.3 is 5.13 Å². The van der Waals surface area contributed by atoms with Crippen molar-refractivity contribution in [2.24, 2.45) is 14.1 Å². The van der Waals surface area contributed by atoms with Crippen LogP contribution in [0.2, 0.25) is 0 Å². The summed E-state index contributed by atoms with van der Waals surface area (Å²) in [4.78, 5) is 4.99. The first kappa shape index (κ1) is 16.2. The summed E-state index contributed by atoms with van der Waals surface area (Å²) in [5.74, 6) is 0. The number of aromatic nitrogens is 2. The predicted octanol–water partition coefficient (Wildman–Crippen LogP) is 4.15. The maximum absolute atomic E-state index is 2.54. The summed E-state index contributed by atoms with van der Waals surface area (Å²) in [5, 5.41) is 3.40. The number of hydrogen-bond donors (Lipinski definition) is 0. The maximum atomic E-state index is 2.54. The van der Waals surface area contributed by atoms with Crippen molar-refractivity contribution in [2.45, 2.75) is 32.5 Å². The number of nitrogens with zero attached hydrogens (tertiary/aromatic N) is 4. The van der Waals surface area contributed by atoms with Gasteiger partial charge in [0.15, 0.2) is 11.9 Å². The van der Waals surface area contributed by atoms with Crippen LogP contribution in [-0.2, 0) is 19.6 Å². The zero-order valence-electron chi connectivity index (χ0n) is 15.5. The van der Waals surface area contributed by atoms with Gasteiger partial charge in [0.05, 0.1) is 18.3 Å². The molecule has 0 saturated heterocycles. The minimum Gasteiger partial charge on any atom is -0.352 e. The molecule has 25 heavy (non-hydrogen) atoms. The van der Waals surface area contributed by atoms with Gasteiger partial charge in [-0.2, -0.15) is 4.90 Å². The monoisotopic (exact) mass is 353 g/mol. The molecule has 0 aliphatic carbocycles. The number of aryl methyl sites for hydroxylation is 2. The minimum atomic E-state index is -0.127. The van der Waals surface area contributed by atoms with E-state index in [0.29, 0.717) is 0 Å². The summed E-state index contributed by atoms with van der Waals surface area (Å²) >= 11 is 1.78. The zero-order chi connectivity index (χ0) is 17.8. The van der Waals surface area contributed by atoms with E-state index in [9.17, 15) is 0 Å². The van der Waals surface area contributed by atoms with E-state index < -0.39 is 0 Å². The summed E-state index contributed by atoms with van der Waals surface area (Å²) in [6, 6.07) is 13.1. The number of fused-ring (bicyclic) bond motifs is 1. The van der Waals surface area contributed by atoms with Crippen molar-refractivity contribution in [1.82, 2.24) is 4.57 Å². The van der Waals surface area contributed by atoms with E-state index in [1.54, 1.807) is 11.3 Å². The molecule has 1 aliphatic heterocycles. The molecule has 3 aromatic rings. The zero-order valence-corrected chi connectivity index (χ0v) is 16.3. The standard InChI is InChI=1S/C20H25N4S/c1-15-23(19-22(5)13-14-25-19)16-9-6-7-10-17(16)24(15)20(2,3)18-11-8-12-21(18)4/h6-15H,1-5H3/q+1/t15-/m1/s1. The van der Waals surface area contributed by atoms with E-state index in [1.165, 1.54) is 22.2 Å². The van der Waals surface area contributed by atoms with Crippen molar-refractivity contribution in [3.05, 3.63) is 59.9 Å². The van der Waals surface area contributed by atoms with Crippen molar-refractivity contribution in [2.75, 3.05) is 9.80 Å². The second kappa shape index (κ2) is 5.63. The highest BCUT2D eigenvalue weighted by molar-refractivity contribution is 7.13. The fraction of sp³-hybridized carbons (Fsp3) is 0.350. The number of benzene rings is 1. The van der Waals surface area contributed by atoms with Crippen molar-refractivity contribution < 1.29 is 4.57 Å². The normalized spacial score (nSPS) is 17.2. The van der Waals surface area contributed by atoms with Gasteiger partial charge in [0.1, 0.15) is 6.20 Å². The quantitative estimate of drug-likeness (QED) is 0.657. The Bertz CT molecular complexity index is 908. The molecule has 0 amide bonds. The Morgan fingerprint density at radius 3 is 2.40 bits per heavy atom. The lowest BCUT2D eigenvalue weighted by atomic mass is 9.96. The Labute approximate surface area is 153 Å². The van der Waals surface area contributed by atoms with Crippen molar-refractivity contribution in [3.63, 3.8) is 0 Å². The number of rotatable bonds is 3. The summed E-state index contributed by atoms with van der Waals surface area (Å²) < 4.78 is 4.43. The van der Waals surface area contributed by atoms with Crippen molar-refractivity contribution in [1.29, 1.82) is 0 Å². The van der Waals surface area contributed by atoms with E-state index in [-0.39, 0.29) is 11.7 Å². The lowest BCUT2D eigenvalue weighted by Gasteiger charge is -2.40. The molecule has 4 nitrogen and oxygen atoms in total. The topological polar surface area (TPSA) is 15.3 Å². The highest BCUT2D eigenvalue weighted by Gasteiger charge is 2.48. The summed E-state index contributed by atoms with van der Waals surface area (Å²) in [5.41, 5.74) is 3.75. The van der Waals surface area contributed by atoms with Crippen LogP contribution in [0.4, 0.5) is 16.5 Å². The average Bonchev–Trinajstić information content (AvgIpc) is 3.24. The molecule has 0 radical (unpaired) electrons. The number of para-hydroxylation sites is 2. The average molecular weight is 354 g/mol. The Morgan fingerprint density at radius 2 is 1.80 bits per heavy atom. The molecule has 0 unspecified atom stereocenters. The van der Waals surface area contributed by atoms with Gasteiger partial charge in [-0.3, -0.25) is 0 Å². The molecule has 0 N–H and O–H groups in total. The summed E-state index contributed by atoms with van der Waals surface area (Å²) in [7, 11) is 4.24. The van der Waals surface area contributed by atoms with Gasteiger partial charge in [0.25, 0.3) is 0 Å². The SMILES string of the molecule is C[C@@H]1N(c2scc[n+]2C)c2ccccc2N1C(C)(C)c1cccn1C. The van der Waals surface area contributed by atoms with Gasteiger partial charge < -0.3 is 9.47 Å². The van der Waals surface area contributed by atoms with Gasteiger partial charge in [0, 0.05) is 24.3 Å². The van der Waals surface area contributed by atoms with E-state index in [1.807, 2.05) is 0 Å². The molecule has 0 saturated carbocycles. The molecule has 0 spiro atoms. The van der Waals surface area contributed by atoms with Crippen LogP contribution >= 0.6 is 11.3 Å². The van der Waals surface area contributed by atoms with Crippen molar-refractivity contribution in [3.8, 4) is 0 Å². The van der Waals surface area contributed by atoms with Gasteiger partial charge in [-0.05, 0) is 45.0 Å². The first-order valence-corrected chi connectivity index (χ1v) is 9.53. The van der Waals surface area contributed by atoms with Crippen molar-refractivity contribution >= 4 is 27.8 Å². The molecular formula is C20H25N4S+. The fourth-order valence-corrected chi connectivity index (χ4v) is 5.15. The van der Waals surface area contributed by atoms with E-state index >= 15 is 0 Å². The van der Waals surface area contributed by atoms with Crippen LogP contribution in [0.15, 0.2) is 54.2 Å². The Morgan fingerprint density at radius 1 is 1.08 bits per heavy atom. The molecular weight excluding hydrogens is 328 g/mol. The lowest BCUT2D eigenvalue weighted by molar-refractivity contribution is -0.654. The highest BCUT2D eigenvalue weighted by Crippen LogP contribution is 2.49. The van der Waals surface area contributed by atoms with E-state index in [0.717, 1.165) is 0 Å². The molecule has 130 valence electrons. The van der Waals surface area contributed by atoms with Crippen LogP contribution in [-0.4, -0.2) is 10.7 Å². The van der Waals surface area contributed by atoms with E-state index in [4.69, 9.17) is 0 Å². The van der Waals surface area contributed by atoms with Crippen LogP contribution in [0.25, 0.3) is 0 Å². The first-order chi connectivity index (χ1) is 11.9. The molecule has 5 heteroatoms. The smallest absolute Gasteiger partial charge is 0.342 e. The Kier molecular flexibility index (Phi) is 3.65. The summed E-state index contributed by atoms with van der Waals surface area (Å²) in [6.45, 7) is 6.92. The number of thiazole rings is 1. The number of hydrogen-bond acceptors (Lipinski definition) is 3. The lowest BCUT2D eigenvalue weighted by Crippen LogP contribution is -2.51. The molecule has 1 aromatic carbocycles. The van der Waals surface area contributed by atoms with Gasteiger partial charge in [-0.25, -0.2) is 4.57 Å². The van der Waals surface area contributed by atoms with Crippen LogP contribution in [0.1, 0.15) is 26.5 Å². The van der Waals surface area contributed by atoms with Gasteiger partial charge in [0.2, 0.25) is 0 Å². The first-order valence-electron chi connectivity index (χ1n) is 8.65. The summed E-state index contributed by atoms with van der Waals surface area (Å²) in [6.07, 6.45) is 4.48. The third-order valence-electron chi connectivity index (χ3n) is 5.29. The Balaban J connectivity index is 1.88. The van der Waals surface area contributed by atoms with Crippen LogP contribution in [0, 0.1) is 0 Å². The fourth-order valence-electron chi connectivity index (χ4n) is 4.20. The maximum Gasteiger partial charge on any atom is 0.342 e. The third kappa shape index (κ3) is 2.29. The molecule has 2 aromatic heterocycles. The van der Waals surface area contributed by atoms with Gasteiger partial charge in [-0.15, -0.1) is 0 Å². The van der Waals surface area contributed by atoms with Crippen LogP contribution in [0.3, 0.4) is 0 Å². The van der Waals surface area contributed by atoms with Crippen LogP contribution in [0.5, 0.6) is 0 Å². The third-order valence-corrected chi connectivity index (χ3v) is 6.24. The predicted molar refractivity (Wildman–Crippen MR) is 104 cm³/mol. The van der Waals surface area contributed by atoms with E-state index in [2.05, 4.69) is 108 Å². The molecule has 0 bridgehead atoms. The number of anilines is 3. The molecule has 3 heterocycles. The molecule has 1 aliphatic rings. The molecule has 0 fully saturated rings. The highest BCUT2D eigenvalue weighted by atomic mass is 32.1. The van der Waals surface area contributed by atoms with Gasteiger partial charge in [-0.1, -0.05) is 23.5 Å². The Hall–Kier alpha value is -2.27. The largest absolute Gasteiger partial charge is 0.352 e.